The van der Waals surface area contributed by atoms with Gasteiger partial charge in [0.25, 0.3) is 11.4 Å². The number of nitrogens with one attached hydrogen (secondary N) is 1. The molecule has 4 aromatic rings. The number of benzene rings is 2. The van der Waals surface area contributed by atoms with E-state index in [1.165, 1.54) is 0 Å². The van der Waals surface area contributed by atoms with Crippen molar-refractivity contribution in [1.29, 1.82) is 0 Å². The average Bonchev–Trinajstić information content (AvgIpc) is 3.43. The van der Waals surface area contributed by atoms with E-state index in [2.05, 4.69) is 20.2 Å². The van der Waals surface area contributed by atoms with Crippen LogP contribution in [0.3, 0.4) is 0 Å². The zero-order valence-electron chi connectivity index (χ0n) is 17.7. The summed E-state index contributed by atoms with van der Waals surface area (Å²) >= 11 is 17.1. The van der Waals surface area contributed by atoms with E-state index < -0.39 is 0 Å². The Morgan fingerprint density at radius 1 is 0.727 bits per heavy atom. The number of oxazole rings is 2. The van der Waals surface area contributed by atoms with E-state index in [1.54, 1.807) is 24.3 Å². The van der Waals surface area contributed by atoms with Gasteiger partial charge in [0.05, 0.1) is 26.4 Å². The van der Waals surface area contributed by atoms with Crippen molar-refractivity contribution >= 4 is 63.0 Å². The fourth-order valence-electron chi connectivity index (χ4n) is 3.16. The van der Waals surface area contributed by atoms with E-state index in [-0.39, 0.29) is 5.35 Å². The summed E-state index contributed by atoms with van der Waals surface area (Å²) in [7, 11) is 0. The Hall–Kier alpha value is -2.07. The lowest BCUT2D eigenvalue weighted by atomic mass is 10.3. The number of aromatic nitrogens is 2. The van der Waals surface area contributed by atoms with Crippen molar-refractivity contribution < 1.29 is 18.3 Å². The molecule has 4 heterocycles. The van der Waals surface area contributed by atoms with Gasteiger partial charge >= 0.3 is 0 Å². The predicted molar refractivity (Wildman–Crippen MR) is 130 cm³/mol. The smallest absolute Gasteiger partial charge is 0.298 e. The molecule has 0 spiro atoms. The maximum Gasteiger partial charge on any atom is 0.298 e. The second kappa shape index (κ2) is 11.9. The minimum atomic E-state index is 0.141. The van der Waals surface area contributed by atoms with Gasteiger partial charge in [-0.3, -0.25) is 0 Å². The molecule has 8 nitrogen and oxygen atoms in total. The molecule has 2 aliphatic heterocycles. The van der Waals surface area contributed by atoms with Gasteiger partial charge in [0.1, 0.15) is 11.0 Å². The Kier molecular flexibility index (Phi) is 8.66. The van der Waals surface area contributed by atoms with Crippen LogP contribution in [-0.2, 0) is 9.47 Å². The van der Waals surface area contributed by atoms with Gasteiger partial charge in [-0.1, -0.05) is 23.2 Å². The lowest BCUT2D eigenvalue weighted by molar-refractivity contribution is 0.109. The standard InChI is InChI=1S/C11H11ClN2O2.C7H3Cl2NO.C4H9NO/c12-8-1-2-9-10(7-8)16-11(13-9)14-3-5-15-6-4-14;8-4-1-2-5-6(3-4)11-7(9)10-5;1-3-6-4-2-5-1/h1-2,7H,3-6H2;1-3H;5H,1-4H2. The van der Waals surface area contributed by atoms with Crippen molar-refractivity contribution in [3.63, 3.8) is 0 Å². The number of ether oxygens (including phenoxy) is 2. The maximum atomic E-state index is 5.89. The fourth-order valence-corrected chi connectivity index (χ4v) is 3.66. The SMILES string of the molecule is C1COCCN1.Clc1ccc2nc(Cl)oc2c1.Clc1ccc2nc(N3CCOCC3)oc2c1. The highest BCUT2D eigenvalue weighted by atomic mass is 35.5. The molecule has 0 radical (unpaired) electrons. The number of morpholine rings is 2. The van der Waals surface area contributed by atoms with Crippen LogP contribution in [0.5, 0.6) is 0 Å². The number of halogens is 3. The molecule has 1 N–H and O–H groups in total. The molecule has 0 amide bonds. The lowest BCUT2D eigenvalue weighted by Gasteiger charge is -2.24. The van der Waals surface area contributed by atoms with Crippen molar-refractivity contribution in [2.45, 2.75) is 0 Å². The lowest BCUT2D eigenvalue weighted by Crippen LogP contribution is -2.36. The van der Waals surface area contributed by atoms with E-state index in [1.807, 2.05) is 12.1 Å². The van der Waals surface area contributed by atoms with Crippen LogP contribution >= 0.6 is 34.8 Å². The third-order valence-electron chi connectivity index (χ3n) is 4.79. The molecule has 0 saturated carbocycles. The molecule has 2 aromatic carbocycles. The highest BCUT2D eigenvalue weighted by Crippen LogP contribution is 2.25. The van der Waals surface area contributed by atoms with Crippen molar-refractivity contribution in [2.24, 2.45) is 0 Å². The highest BCUT2D eigenvalue weighted by Gasteiger charge is 2.16. The van der Waals surface area contributed by atoms with Crippen molar-refractivity contribution in [3.8, 4) is 0 Å². The van der Waals surface area contributed by atoms with Gasteiger partial charge in [-0.2, -0.15) is 9.97 Å². The first-order valence-electron chi connectivity index (χ1n) is 10.5. The number of hydrogen-bond donors (Lipinski definition) is 1. The summed E-state index contributed by atoms with van der Waals surface area (Å²) in [5.41, 5.74) is 2.90. The molecule has 6 rings (SSSR count). The molecule has 2 saturated heterocycles. The summed E-state index contributed by atoms with van der Waals surface area (Å²) in [6.45, 7) is 6.92. The number of rotatable bonds is 1. The van der Waals surface area contributed by atoms with Crippen LogP contribution in [0.4, 0.5) is 6.01 Å². The number of hydrogen-bond acceptors (Lipinski definition) is 8. The molecule has 0 unspecified atom stereocenters. The quantitative estimate of drug-likeness (QED) is 0.378. The van der Waals surface area contributed by atoms with E-state index in [9.17, 15) is 0 Å². The Labute approximate surface area is 205 Å². The molecule has 33 heavy (non-hydrogen) atoms. The zero-order valence-corrected chi connectivity index (χ0v) is 20.0. The summed E-state index contributed by atoms with van der Waals surface area (Å²) in [6, 6.07) is 11.3. The van der Waals surface area contributed by atoms with Gasteiger partial charge in [0.2, 0.25) is 0 Å². The van der Waals surface area contributed by atoms with Crippen LogP contribution in [0, 0.1) is 0 Å². The Morgan fingerprint density at radius 3 is 1.88 bits per heavy atom. The maximum absolute atomic E-state index is 5.89. The third kappa shape index (κ3) is 6.96. The molecule has 0 aliphatic carbocycles. The Bertz CT molecular complexity index is 1160. The van der Waals surface area contributed by atoms with Crippen LogP contribution < -0.4 is 10.2 Å². The number of anilines is 1. The molecule has 176 valence electrons. The molecular formula is C22H23Cl3N4O4. The molecule has 11 heteroatoms. The van der Waals surface area contributed by atoms with Crippen molar-refractivity contribution in [3.05, 3.63) is 51.8 Å². The van der Waals surface area contributed by atoms with Crippen molar-refractivity contribution in [2.75, 3.05) is 57.5 Å². The topological polar surface area (TPSA) is 85.8 Å². The second-order valence-electron chi connectivity index (χ2n) is 7.15. The monoisotopic (exact) mass is 512 g/mol. The van der Waals surface area contributed by atoms with Gasteiger partial charge in [-0.25, -0.2) is 0 Å². The summed E-state index contributed by atoms with van der Waals surface area (Å²) in [6.07, 6.45) is 0. The van der Waals surface area contributed by atoms with Gasteiger partial charge in [0, 0.05) is 48.4 Å². The van der Waals surface area contributed by atoms with E-state index >= 15 is 0 Å². The van der Waals surface area contributed by atoms with Gasteiger partial charge in [0.15, 0.2) is 11.2 Å². The van der Waals surface area contributed by atoms with E-state index in [4.69, 9.17) is 53.1 Å². The zero-order chi connectivity index (χ0) is 23.0. The van der Waals surface area contributed by atoms with Crippen LogP contribution in [0.25, 0.3) is 22.2 Å². The Balaban J connectivity index is 0.000000132. The molecular weight excluding hydrogens is 491 g/mol. The minimum absolute atomic E-state index is 0.141. The summed E-state index contributed by atoms with van der Waals surface area (Å²) < 4.78 is 21.0. The first-order valence-corrected chi connectivity index (χ1v) is 11.6. The predicted octanol–water partition coefficient (Wildman–Crippen LogP) is 5.06. The number of nitrogens with zero attached hydrogens (tertiary/aromatic N) is 3. The first-order chi connectivity index (χ1) is 16.1. The normalized spacial score (nSPS) is 16.2. The van der Waals surface area contributed by atoms with Crippen LogP contribution in [0.1, 0.15) is 0 Å². The summed E-state index contributed by atoms with van der Waals surface area (Å²) in [5.74, 6) is 0. The van der Waals surface area contributed by atoms with Crippen LogP contribution in [0.2, 0.25) is 15.4 Å². The molecule has 2 aliphatic rings. The van der Waals surface area contributed by atoms with Crippen molar-refractivity contribution in [1.82, 2.24) is 15.3 Å². The van der Waals surface area contributed by atoms with Crippen LogP contribution in [-0.4, -0.2) is 62.6 Å². The van der Waals surface area contributed by atoms with E-state index in [0.29, 0.717) is 21.6 Å². The number of fused-ring (bicyclic) bond motifs is 2. The molecule has 0 bridgehead atoms. The third-order valence-corrected chi connectivity index (χ3v) is 5.42. The summed E-state index contributed by atoms with van der Waals surface area (Å²) in [5, 5.41) is 4.58. The Morgan fingerprint density at radius 2 is 1.30 bits per heavy atom. The fraction of sp³-hybridized carbons (Fsp3) is 0.364. The molecule has 2 fully saturated rings. The van der Waals surface area contributed by atoms with Gasteiger partial charge < -0.3 is 28.5 Å². The molecule has 0 atom stereocenters. The van der Waals surface area contributed by atoms with Crippen LogP contribution in [0.15, 0.2) is 45.2 Å². The van der Waals surface area contributed by atoms with Gasteiger partial charge in [-0.05, 0) is 35.9 Å². The van der Waals surface area contributed by atoms with Gasteiger partial charge in [-0.15, -0.1) is 0 Å². The molecule has 2 aromatic heterocycles. The average molecular weight is 514 g/mol. The second-order valence-corrected chi connectivity index (χ2v) is 8.35. The minimum Gasteiger partial charge on any atom is -0.428 e. The van der Waals surface area contributed by atoms with E-state index in [0.717, 1.165) is 69.2 Å². The first kappa shape index (κ1) is 24.1. The largest absolute Gasteiger partial charge is 0.428 e. The highest BCUT2D eigenvalue weighted by molar-refractivity contribution is 6.31. The summed E-state index contributed by atoms with van der Waals surface area (Å²) in [4.78, 5) is 10.4.